The van der Waals surface area contributed by atoms with E-state index in [2.05, 4.69) is 5.32 Å². The van der Waals surface area contributed by atoms with E-state index in [0.29, 0.717) is 30.2 Å². The molecule has 2 unspecified atom stereocenters. The van der Waals surface area contributed by atoms with E-state index in [1.54, 1.807) is 25.3 Å². The number of amides is 1. The van der Waals surface area contributed by atoms with E-state index in [0.717, 1.165) is 5.56 Å². The molecule has 1 amide bonds. The fraction of sp³-hybridized carbons (Fsp3) is 0.231. The smallest absolute Gasteiger partial charge is 0.248 e. The minimum absolute atomic E-state index is 0.0586. The Kier molecular flexibility index (Phi) is 11.7. The number of benzene rings is 3. The van der Waals surface area contributed by atoms with E-state index in [-0.39, 0.29) is 22.9 Å². The number of carbonyl (C=O) groups excluding carboxylic acids is 1. The van der Waals surface area contributed by atoms with Crippen LogP contribution in [0.5, 0.6) is 17.2 Å². The average molecular weight is 516 g/mol. The molecule has 3 rings (SSSR count). The first-order valence-corrected chi connectivity index (χ1v) is 11.3. The Bertz CT molecular complexity index is 1130. The highest BCUT2D eigenvalue weighted by atomic mass is 35.5. The van der Waals surface area contributed by atoms with Gasteiger partial charge in [0.05, 0.1) is 30.9 Å². The van der Waals surface area contributed by atoms with Gasteiger partial charge >= 0.3 is 0 Å². The second-order valence-electron chi connectivity index (χ2n) is 7.53. The molecule has 0 aliphatic rings. The molecule has 0 heterocycles. The van der Waals surface area contributed by atoms with Gasteiger partial charge in [0.15, 0.2) is 0 Å². The predicted molar refractivity (Wildman–Crippen MR) is 138 cm³/mol. The molecule has 0 saturated carbocycles. The summed E-state index contributed by atoms with van der Waals surface area (Å²) in [6.07, 6.45) is 0.430. The third kappa shape index (κ3) is 8.54. The van der Waals surface area contributed by atoms with Crippen molar-refractivity contribution in [2.45, 2.75) is 12.1 Å². The first kappa shape index (κ1) is 28.6. The van der Waals surface area contributed by atoms with Gasteiger partial charge in [-0.2, -0.15) is 0 Å². The van der Waals surface area contributed by atoms with Crippen molar-refractivity contribution in [3.05, 3.63) is 88.4 Å². The molecule has 0 aliphatic heterocycles. The molecule has 7 N–H and O–H groups in total. The number of phenols is 1. The van der Waals surface area contributed by atoms with Crippen molar-refractivity contribution in [1.82, 2.24) is 5.32 Å². The summed E-state index contributed by atoms with van der Waals surface area (Å²) in [4.78, 5) is 10.5. The van der Waals surface area contributed by atoms with Crippen molar-refractivity contribution in [1.29, 1.82) is 5.41 Å². The van der Waals surface area contributed by atoms with Crippen molar-refractivity contribution >= 4 is 23.7 Å². The third-order valence-corrected chi connectivity index (χ3v) is 5.39. The van der Waals surface area contributed by atoms with Gasteiger partial charge in [0.25, 0.3) is 0 Å². The van der Waals surface area contributed by atoms with Gasteiger partial charge in [0, 0.05) is 30.0 Å². The van der Waals surface area contributed by atoms with E-state index >= 15 is 0 Å². The highest BCUT2D eigenvalue weighted by molar-refractivity contribution is 6.32. The lowest BCUT2D eigenvalue weighted by molar-refractivity contribution is 0.0878. The molecule has 0 fully saturated rings. The molecule has 2 atom stereocenters. The van der Waals surface area contributed by atoms with Gasteiger partial charge in [0.2, 0.25) is 5.91 Å². The largest absolute Gasteiger partial charge is 0.506 e. The fourth-order valence-corrected chi connectivity index (χ4v) is 3.31. The molecule has 10 heteroatoms. The SMILES string of the molecule is COc1cc(OCCNC(CO)C(O)c2ccccc2)ccc1C=N.NC(=O)c1ccc(O)c(Cl)c1. The molecule has 0 bridgehead atoms. The minimum Gasteiger partial charge on any atom is -0.506 e. The van der Waals surface area contributed by atoms with Crippen LogP contribution in [-0.2, 0) is 0 Å². The van der Waals surface area contributed by atoms with Crippen LogP contribution in [0.3, 0.4) is 0 Å². The normalized spacial score (nSPS) is 12.0. The Morgan fingerprint density at radius 2 is 1.89 bits per heavy atom. The summed E-state index contributed by atoms with van der Waals surface area (Å²) in [7, 11) is 1.55. The van der Waals surface area contributed by atoms with Crippen molar-refractivity contribution < 1.29 is 29.6 Å². The van der Waals surface area contributed by atoms with Gasteiger partial charge in [-0.3, -0.25) is 4.79 Å². The predicted octanol–water partition coefficient (Wildman–Crippen LogP) is 2.90. The molecular formula is C26H30ClN3O6. The maximum Gasteiger partial charge on any atom is 0.248 e. The standard InChI is InChI=1S/C19H24N2O4.C7H6ClNO2/c1-24-18-11-16(8-7-15(18)12-20)25-10-9-21-17(13-22)19(23)14-5-3-2-4-6-14;8-5-3-4(7(9)11)1-2-6(5)10/h2-8,11-12,17,19-23H,9-10,13H2,1H3;1-3,10H,(H2,9,11). The number of hydrogen-bond donors (Lipinski definition) is 6. The van der Waals surface area contributed by atoms with Crippen molar-refractivity contribution in [2.75, 3.05) is 26.9 Å². The molecule has 0 saturated heterocycles. The van der Waals surface area contributed by atoms with Gasteiger partial charge in [-0.25, -0.2) is 0 Å². The zero-order valence-electron chi connectivity index (χ0n) is 19.7. The number of methoxy groups -OCH3 is 1. The van der Waals surface area contributed by atoms with Crippen molar-refractivity contribution in [3.8, 4) is 17.2 Å². The number of aliphatic hydroxyl groups excluding tert-OH is 2. The van der Waals surface area contributed by atoms with E-state index in [4.69, 9.17) is 37.3 Å². The van der Waals surface area contributed by atoms with E-state index in [1.807, 2.05) is 30.3 Å². The zero-order valence-corrected chi connectivity index (χ0v) is 20.5. The van der Waals surface area contributed by atoms with Crippen molar-refractivity contribution in [3.63, 3.8) is 0 Å². The number of phenolic OH excluding ortho intramolecular Hbond substituents is 1. The Morgan fingerprint density at radius 1 is 1.17 bits per heavy atom. The van der Waals surface area contributed by atoms with Gasteiger partial charge in [-0.1, -0.05) is 41.9 Å². The lowest BCUT2D eigenvalue weighted by Gasteiger charge is -2.22. The number of rotatable bonds is 11. The van der Waals surface area contributed by atoms with Crippen LogP contribution in [0.15, 0.2) is 66.7 Å². The summed E-state index contributed by atoms with van der Waals surface area (Å²) in [5, 5.41) is 39.3. The van der Waals surface area contributed by atoms with Crippen LogP contribution in [0.25, 0.3) is 0 Å². The average Bonchev–Trinajstić information content (AvgIpc) is 2.90. The third-order valence-electron chi connectivity index (χ3n) is 5.09. The quantitative estimate of drug-likeness (QED) is 0.169. The van der Waals surface area contributed by atoms with Crippen LogP contribution in [0.1, 0.15) is 27.6 Å². The number of ether oxygens (including phenoxy) is 2. The summed E-state index contributed by atoms with van der Waals surface area (Å²) in [5.41, 5.74) is 6.67. The summed E-state index contributed by atoms with van der Waals surface area (Å²) >= 11 is 5.50. The molecule has 0 spiro atoms. The Balaban J connectivity index is 0.000000346. The molecule has 0 aromatic heterocycles. The van der Waals surface area contributed by atoms with Crippen LogP contribution in [0, 0.1) is 5.41 Å². The molecule has 3 aromatic carbocycles. The van der Waals surface area contributed by atoms with Crippen LogP contribution < -0.4 is 20.5 Å². The Hall–Kier alpha value is -3.63. The van der Waals surface area contributed by atoms with Crippen LogP contribution in [0.4, 0.5) is 0 Å². The Morgan fingerprint density at radius 3 is 2.47 bits per heavy atom. The molecule has 36 heavy (non-hydrogen) atoms. The highest BCUT2D eigenvalue weighted by Crippen LogP contribution is 2.24. The number of nitrogens with one attached hydrogen (secondary N) is 2. The minimum atomic E-state index is -0.793. The van der Waals surface area contributed by atoms with Gasteiger partial charge in [-0.15, -0.1) is 0 Å². The Labute approximate surface area is 214 Å². The van der Waals surface area contributed by atoms with E-state index in [1.165, 1.54) is 24.4 Å². The van der Waals surface area contributed by atoms with Crippen molar-refractivity contribution in [2.24, 2.45) is 5.73 Å². The maximum absolute atomic E-state index is 10.5. The number of primary amides is 1. The second kappa shape index (κ2) is 14.7. The lowest BCUT2D eigenvalue weighted by Crippen LogP contribution is -2.40. The number of carbonyl (C=O) groups is 1. The highest BCUT2D eigenvalue weighted by Gasteiger charge is 2.19. The molecule has 3 aromatic rings. The molecule has 9 nitrogen and oxygen atoms in total. The number of hydrogen-bond acceptors (Lipinski definition) is 8. The molecule has 192 valence electrons. The van der Waals surface area contributed by atoms with Crippen LogP contribution in [-0.4, -0.2) is 60.4 Å². The number of halogens is 1. The maximum atomic E-state index is 10.5. The number of aliphatic hydroxyl groups is 2. The monoisotopic (exact) mass is 515 g/mol. The summed E-state index contributed by atoms with van der Waals surface area (Å²) in [6, 6.07) is 18.0. The fourth-order valence-electron chi connectivity index (χ4n) is 3.13. The van der Waals surface area contributed by atoms with Gasteiger partial charge in [0.1, 0.15) is 23.9 Å². The summed E-state index contributed by atoms with van der Waals surface area (Å²) in [6.45, 7) is 0.646. The van der Waals surface area contributed by atoms with E-state index < -0.39 is 18.1 Å². The number of aromatic hydroxyl groups is 1. The molecular weight excluding hydrogens is 486 g/mol. The first-order valence-electron chi connectivity index (χ1n) is 11.0. The van der Waals surface area contributed by atoms with Crippen LogP contribution in [0.2, 0.25) is 5.02 Å². The molecule has 0 radical (unpaired) electrons. The number of nitrogens with two attached hydrogens (primary N) is 1. The summed E-state index contributed by atoms with van der Waals surface area (Å²) in [5.74, 6) is 0.588. The summed E-state index contributed by atoms with van der Waals surface area (Å²) < 4.78 is 10.9. The lowest BCUT2D eigenvalue weighted by atomic mass is 10.0. The zero-order chi connectivity index (χ0) is 26.5. The molecule has 0 aliphatic carbocycles. The van der Waals surface area contributed by atoms with Gasteiger partial charge in [-0.05, 0) is 35.9 Å². The second-order valence-corrected chi connectivity index (χ2v) is 7.93. The van der Waals surface area contributed by atoms with Crippen LogP contribution >= 0.6 is 11.6 Å². The first-order chi connectivity index (χ1) is 17.3. The van der Waals surface area contributed by atoms with Gasteiger partial charge < -0.3 is 41.3 Å². The van der Waals surface area contributed by atoms with E-state index in [9.17, 15) is 15.0 Å². The topological polar surface area (TPSA) is 158 Å².